The van der Waals surface area contributed by atoms with Crippen LogP contribution in [-0.4, -0.2) is 36.5 Å². The average Bonchev–Trinajstić information content (AvgIpc) is 3.10. The summed E-state index contributed by atoms with van der Waals surface area (Å²) in [7, 11) is -3.44. The van der Waals surface area contributed by atoms with Crippen LogP contribution in [0.25, 0.3) is 0 Å². The highest BCUT2D eigenvalue weighted by molar-refractivity contribution is 8.01. The van der Waals surface area contributed by atoms with Crippen LogP contribution in [0.15, 0.2) is 51.7 Å². The van der Waals surface area contributed by atoms with Gasteiger partial charge in [-0.1, -0.05) is 52.9 Å². The number of halogens is 1. The van der Waals surface area contributed by atoms with Gasteiger partial charge in [0.25, 0.3) is 0 Å². The summed E-state index contributed by atoms with van der Waals surface area (Å²) in [4.78, 5) is 12.3. The monoisotopic (exact) mass is 468 g/mol. The molecule has 3 aromatic rings. The fraction of sp³-hybridized carbons (Fsp3) is 0.167. The second kappa shape index (κ2) is 9.12. The first kappa shape index (κ1) is 21.6. The van der Waals surface area contributed by atoms with Gasteiger partial charge in [0.15, 0.2) is 14.2 Å². The van der Waals surface area contributed by atoms with Gasteiger partial charge in [-0.2, -0.15) is 0 Å². The van der Waals surface area contributed by atoms with E-state index in [1.807, 2.05) is 19.1 Å². The Labute approximate surface area is 181 Å². The zero-order chi connectivity index (χ0) is 21.0. The van der Waals surface area contributed by atoms with Crippen LogP contribution < -0.4 is 10.6 Å². The molecule has 1 aromatic heterocycles. The number of anilines is 3. The maximum Gasteiger partial charge on any atom is 0.234 e. The largest absolute Gasteiger partial charge is 0.330 e. The first-order valence-electron chi connectivity index (χ1n) is 8.31. The minimum atomic E-state index is -3.44. The van der Waals surface area contributed by atoms with Gasteiger partial charge in [0, 0.05) is 17.0 Å². The van der Waals surface area contributed by atoms with Crippen LogP contribution in [0, 0.1) is 6.92 Å². The standard InChI is InChI=1S/C18H17ClN4O3S3/c1-11-7-8-12(9-13(11)19)20-17-22-23-18(28-17)27-10-16(24)21-14-5-3-4-6-15(14)29(2,25)26/h3-9H,10H2,1-2H3,(H,20,22)(H,21,24). The number of amides is 1. The molecule has 29 heavy (non-hydrogen) atoms. The molecule has 0 unspecified atom stereocenters. The Balaban J connectivity index is 1.58. The average molecular weight is 469 g/mol. The molecule has 0 aliphatic carbocycles. The van der Waals surface area contributed by atoms with E-state index in [0.717, 1.165) is 17.5 Å². The van der Waals surface area contributed by atoms with Crippen LogP contribution in [0.5, 0.6) is 0 Å². The van der Waals surface area contributed by atoms with Crippen LogP contribution >= 0.6 is 34.7 Å². The molecule has 0 aliphatic heterocycles. The molecule has 1 amide bonds. The number of benzene rings is 2. The number of rotatable bonds is 7. The Morgan fingerprint density at radius 1 is 1.21 bits per heavy atom. The molecule has 11 heteroatoms. The molecule has 1 heterocycles. The maximum atomic E-state index is 12.2. The zero-order valence-electron chi connectivity index (χ0n) is 15.5. The predicted molar refractivity (Wildman–Crippen MR) is 118 cm³/mol. The van der Waals surface area contributed by atoms with Gasteiger partial charge in [0.2, 0.25) is 11.0 Å². The molecule has 0 bridgehead atoms. The van der Waals surface area contributed by atoms with Crippen molar-refractivity contribution < 1.29 is 13.2 Å². The number of aromatic nitrogens is 2. The second-order valence-electron chi connectivity index (χ2n) is 6.07. The van der Waals surface area contributed by atoms with Crippen LogP contribution in [0.3, 0.4) is 0 Å². The molecule has 0 fully saturated rings. The van der Waals surface area contributed by atoms with Crippen LogP contribution in [0.1, 0.15) is 5.56 Å². The molecule has 152 valence electrons. The first-order chi connectivity index (χ1) is 13.7. The predicted octanol–water partition coefficient (Wildman–Crippen LogP) is 4.38. The minimum absolute atomic E-state index is 0.0725. The van der Waals surface area contributed by atoms with E-state index in [1.54, 1.807) is 24.3 Å². The maximum absolute atomic E-state index is 12.2. The number of carbonyl (C=O) groups excluding carboxylic acids is 1. The number of hydrogen-bond donors (Lipinski definition) is 2. The molecule has 3 rings (SSSR count). The molecule has 7 nitrogen and oxygen atoms in total. The summed E-state index contributed by atoms with van der Waals surface area (Å²) in [6, 6.07) is 11.9. The summed E-state index contributed by atoms with van der Waals surface area (Å²) in [5, 5.41) is 15.1. The van der Waals surface area contributed by atoms with Gasteiger partial charge in [0.1, 0.15) is 0 Å². The number of nitrogens with zero attached hydrogens (tertiary/aromatic N) is 2. The second-order valence-corrected chi connectivity index (χ2v) is 10.7. The Kier molecular flexibility index (Phi) is 6.78. The summed E-state index contributed by atoms with van der Waals surface area (Å²) in [6.45, 7) is 1.92. The molecule has 0 saturated carbocycles. The number of aryl methyl sites for hydroxylation is 1. The van der Waals surface area contributed by atoms with Crippen LogP contribution in [-0.2, 0) is 14.6 Å². The highest BCUT2D eigenvalue weighted by Gasteiger charge is 2.15. The summed E-state index contributed by atoms with van der Waals surface area (Å²) in [5.74, 6) is -0.260. The van der Waals surface area contributed by atoms with E-state index in [4.69, 9.17) is 11.6 Å². The molecule has 2 aromatic carbocycles. The fourth-order valence-electron chi connectivity index (χ4n) is 2.32. The number of carbonyl (C=O) groups is 1. The third kappa shape index (κ3) is 5.92. The molecular formula is C18H17ClN4O3S3. The van der Waals surface area contributed by atoms with Crippen LogP contribution in [0.2, 0.25) is 5.02 Å². The molecule has 0 saturated heterocycles. The Hall–Kier alpha value is -2.14. The van der Waals surface area contributed by atoms with Gasteiger partial charge in [-0.25, -0.2) is 8.42 Å². The van der Waals surface area contributed by atoms with Crippen molar-refractivity contribution in [3.05, 3.63) is 53.1 Å². The Morgan fingerprint density at radius 2 is 1.97 bits per heavy atom. The van der Waals surface area contributed by atoms with E-state index >= 15 is 0 Å². The molecule has 0 spiro atoms. The number of sulfone groups is 1. The highest BCUT2D eigenvalue weighted by Crippen LogP contribution is 2.29. The van der Waals surface area contributed by atoms with Crippen molar-refractivity contribution in [2.24, 2.45) is 0 Å². The van der Waals surface area contributed by atoms with E-state index in [2.05, 4.69) is 20.8 Å². The molecule has 0 radical (unpaired) electrons. The Morgan fingerprint density at radius 3 is 2.69 bits per heavy atom. The van der Waals surface area contributed by atoms with Gasteiger partial charge in [-0.05, 0) is 36.8 Å². The van der Waals surface area contributed by atoms with E-state index in [0.29, 0.717) is 14.5 Å². The third-order valence-corrected chi connectivity index (χ3v) is 7.25. The molecule has 0 aliphatic rings. The minimum Gasteiger partial charge on any atom is -0.330 e. The van der Waals surface area contributed by atoms with E-state index in [9.17, 15) is 13.2 Å². The topological polar surface area (TPSA) is 101 Å². The lowest BCUT2D eigenvalue weighted by Gasteiger charge is -2.08. The van der Waals surface area contributed by atoms with Gasteiger partial charge in [0.05, 0.1) is 16.3 Å². The Bertz CT molecular complexity index is 1150. The highest BCUT2D eigenvalue weighted by atomic mass is 35.5. The fourth-order valence-corrected chi connectivity index (χ4v) is 4.92. The van der Waals surface area contributed by atoms with Gasteiger partial charge < -0.3 is 10.6 Å². The van der Waals surface area contributed by atoms with Crippen molar-refractivity contribution in [1.82, 2.24) is 10.2 Å². The van der Waals surface area contributed by atoms with Crippen molar-refractivity contribution in [2.45, 2.75) is 16.2 Å². The first-order valence-corrected chi connectivity index (χ1v) is 12.4. The van der Waals surface area contributed by atoms with Crippen molar-refractivity contribution in [1.29, 1.82) is 0 Å². The number of hydrogen-bond acceptors (Lipinski definition) is 8. The van der Waals surface area contributed by atoms with Crippen molar-refractivity contribution in [3.63, 3.8) is 0 Å². The summed E-state index contributed by atoms with van der Waals surface area (Å²) in [5.41, 5.74) is 2.04. The lowest BCUT2D eigenvalue weighted by molar-refractivity contribution is -0.113. The summed E-state index contributed by atoms with van der Waals surface area (Å²) >= 11 is 8.64. The van der Waals surface area contributed by atoms with Gasteiger partial charge in [-0.3, -0.25) is 4.79 Å². The zero-order valence-corrected chi connectivity index (χ0v) is 18.7. The van der Waals surface area contributed by atoms with Gasteiger partial charge >= 0.3 is 0 Å². The quantitative estimate of drug-likeness (QED) is 0.496. The summed E-state index contributed by atoms with van der Waals surface area (Å²) in [6.07, 6.45) is 1.10. The molecule has 0 atom stereocenters. The van der Waals surface area contributed by atoms with Crippen molar-refractivity contribution in [3.8, 4) is 0 Å². The van der Waals surface area contributed by atoms with Crippen molar-refractivity contribution >= 4 is 67.0 Å². The number of thioether (sulfide) groups is 1. The number of para-hydroxylation sites is 1. The van der Waals surface area contributed by atoms with Crippen molar-refractivity contribution in [2.75, 3.05) is 22.6 Å². The van der Waals surface area contributed by atoms with Gasteiger partial charge in [-0.15, -0.1) is 10.2 Å². The lowest BCUT2D eigenvalue weighted by Crippen LogP contribution is -2.16. The van der Waals surface area contributed by atoms with E-state index < -0.39 is 9.84 Å². The number of nitrogens with one attached hydrogen (secondary N) is 2. The normalized spacial score (nSPS) is 11.3. The summed E-state index contributed by atoms with van der Waals surface area (Å²) < 4.78 is 24.2. The van der Waals surface area contributed by atoms with Crippen LogP contribution in [0.4, 0.5) is 16.5 Å². The van der Waals surface area contributed by atoms with E-state index in [1.165, 1.54) is 29.2 Å². The lowest BCUT2D eigenvalue weighted by atomic mass is 10.2. The molecular weight excluding hydrogens is 452 g/mol. The third-order valence-electron chi connectivity index (χ3n) is 3.72. The molecule has 2 N–H and O–H groups in total. The SMILES string of the molecule is Cc1ccc(Nc2nnc(SCC(=O)Nc3ccccc3S(C)(=O)=O)s2)cc1Cl. The van der Waals surface area contributed by atoms with E-state index in [-0.39, 0.29) is 22.2 Å². The smallest absolute Gasteiger partial charge is 0.234 e.